The zero-order chi connectivity index (χ0) is 34.3. The molecule has 2 aliphatic rings. The van der Waals surface area contributed by atoms with Crippen molar-refractivity contribution in [2.45, 2.75) is 57.4 Å². The molecule has 0 bridgehead atoms. The van der Waals surface area contributed by atoms with Gasteiger partial charge >= 0.3 is 13.6 Å². The number of aromatic nitrogens is 1. The Morgan fingerprint density at radius 2 is 1.67 bits per heavy atom. The maximum absolute atomic E-state index is 13.6. The Labute approximate surface area is 277 Å². The van der Waals surface area contributed by atoms with Crippen molar-refractivity contribution >= 4 is 53.0 Å². The van der Waals surface area contributed by atoms with Gasteiger partial charge in [-0.2, -0.15) is 0 Å². The number of piperidine rings is 1. The molecule has 0 aliphatic carbocycles. The van der Waals surface area contributed by atoms with Gasteiger partial charge in [0.05, 0.1) is 6.04 Å². The molecule has 0 saturated carbocycles. The summed E-state index contributed by atoms with van der Waals surface area (Å²) in [5.41, 5.74) is 2.33. The third-order valence-electron chi connectivity index (χ3n) is 9.63. The minimum Gasteiger partial charge on any atom is -0.480 e. The molecule has 0 spiro atoms. The van der Waals surface area contributed by atoms with E-state index in [2.05, 4.69) is 15.6 Å². The lowest BCUT2D eigenvalue weighted by atomic mass is 9.76. The first-order valence-electron chi connectivity index (χ1n) is 16.1. The van der Waals surface area contributed by atoms with Crippen LogP contribution < -0.4 is 10.6 Å². The summed E-state index contributed by atoms with van der Waals surface area (Å²) in [5, 5.41) is 17.7. The molecule has 4 aromatic rings. The van der Waals surface area contributed by atoms with Crippen LogP contribution in [0.15, 0.2) is 66.9 Å². The Morgan fingerprint density at radius 1 is 1.00 bits per heavy atom. The minimum atomic E-state index is -4.87. The van der Waals surface area contributed by atoms with Crippen LogP contribution in [0.5, 0.6) is 0 Å². The van der Waals surface area contributed by atoms with Crippen molar-refractivity contribution < 1.29 is 38.6 Å². The average Bonchev–Trinajstić information content (AvgIpc) is 3.45. The number of aromatic amines is 1. The minimum absolute atomic E-state index is 0.00646. The zero-order valence-electron chi connectivity index (χ0n) is 26.6. The highest BCUT2D eigenvalue weighted by Gasteiger charge is 2.48. The maximum atomic E-state index is 13.6. The third-order valence-corrected chi connectivity index (χ3v) is 10.9. The van der Waals surface area contributed by atoms with E-state index in [0.717, 1.165) is 21.2 Å². The lowest BCUT2D eigenvalue weighted by Crippen LogP contribution is -2.59. The SMILES string of the molecule is CC(C)C[C@H]1C[C@@H](C(=O)N[C@@H](Cc2c[nH]c3ccccc23)C(=O)O)N[C@@H](P(=O)(O)O)[C@@H]1CCN1C(=O)c2cccc3cccc(c23)C1=O. The predicted octanol–water partition coefficient (Wildman–Crippen LogP) is 4.26. The van der Waals surface area contributed by atoms with Gasteiger partial charge < -0.3 is 25.2 Å². The molecular weight excluding hydrogens is 635 g/mol. The molecule has 6 N–H and O–H groups in total. The van der Waals surface area contributed by atoms with E-state index in [1.165, 1.54) is 0 Å². The molecule has 0 radical (unpaired) electrons. The molecule has 0 unspecified atom stereocenters. The summed E-state index contributed by atoms with van der Waals surface area (Å²) in [5.74, 6) is -5.24. The van der Waals surface area contributed by atoms with Crippen LogP contribution >= 0.6 is 7.60 Å². The number of hydrogen-bond donors (Lipinski definition) is 6. The van der Waals surface area contributed by atoms with Crippen LogP contribution in [0, 0.1) is 17.8 Å². The van der Waals surface area contributed by atoms with Gasteiger partial charge in [0.15, 0.2) is 0 Å². The number of para-hydroxylation sites is 1. The molecule has 1 aromatic heterocycles. The van der Waals surface area contributed by atoms with Gasteiger partial charge in [-0.15, -0.1) is 0 Å². The highest BCUT2D eigenvalue weighted by Crippen LogP contribution is 2.50. The number of nitrogens with zero attached hydrogens (tertiary/aromatic N) is 1. The number of amides is 3. The number of H-pyrrole nitrogens is 1. The van der Waals surface area contributed by atoms with Crippen molar-refractivity contribution in [1.29, 1.82) is 0 Å². The van der Waals surface area contributed by atoms with Gasteiger partial charge in [-0.3, -0.25) is 29.2 Å². The highest BCUT2D eigenvalue weighted by molar-refractivity contribution is 7.52. The van der Waals surface area contributed by atoms with Crippen LogP contribution in [0.1, 0.15) is 59.4 Å². The van der Waals surface area contributed by atoms with Gasteiger partial charge in [0.25, 0.3) is 11.8 Å². The lowest BCUT2D eigenvalue weighted by molar-refractivity contribution is -0.142. The number of hydrogen-bond acceptors (Lipinski definition) is 6. The van der Waals surface area contributed by atoms with E-state index in [1.807, 2.05) is 50.2 Å². The number of benzene rings is 3. The van der Waals surface area contributed by atoms with Crippen molar-refractivity contribution in [2.75, 3.05) is 6.54 Å². The number of nitrogens with one attached hydrogen (secondary N) is 3. The van der Waals surface area contributed by atoms with Gasteiger partial charge in [-0.05, 0) is 66.2 Å². The monoisotopic (exact) mass is 674 g/mol. The second kappa shape index (κ2) is 13.3. The molecule has 12 nitrogen and oxygen atoms in total. The van der Waals surface area contributed by atoms with E-state index in [4.69, 9.17) is 0 Å². The van der Waals surface area contributed by atoms with Crippen LogP contribution in [0.25, 0.3) is 21.7 Å². The van der Waals surface area contributed by atoms with E-state index in [0.29, 0.717) is 28.5 Å². The standard InChI is InChI=1S/C35H39N4O8P/c1-19(2)15-21-16-28(31(40)37-29(35(43)44)17-22-18-36-27-12-4-3-9-23(22)27)38-32(48(45,46)47)24(21)13-14-39-33(41)25-10-5-7-20-8-6-11-26(30(20)25)34(39)42/h3-12,18-19,21,24,28-29,32,36,38H,13-17H2,1-2H3,(H,37,40)(H,43,44)(H2,45,46,47)/t21-,24+,28-,29-,32-/m0/s1. The van der Waals surface area contributed by atoms with Crippen molar-refractivity contribution in [3.8, 4) is 0 Å². The molecule has 1 saturated heterocycles. The van der Waals surface area contributed by atoms with Crippen molar-refractivity contribution in [1.82, 2.24) is 20.5 Å². The van der Waals surface area contributed by atoms with E-state index in [9.17, 15) is 38.6 Å². The van der Waals surface area contributed by atoms with Gasteiger partial charge in [-0.25, -0.2) is 4.79 Å². The molecule has 252 valence electrons. The number of imide groups is 1. The Balaban J connectivity index is 1.22. The van der Waals surface area contributed by atoms with Crippen LogP contribution in [0.4, 0.5) is 0 Å². The zero-order valence-corrected chi connectivity index (χ0v) is 27.5. The van der Waals surface area contributed by atoms with E-state index in [1.54, 1.807) is 30.5 Å². The molecule has 3 heterocycles. The molecule has 1 fully saturated rings. The van der Waals surface area contributed by atoms with Gasteiger partial charge in [0.2, 0.25) is 5.91 Å². The Bertz CT molecular complexity index is 1900. The number of aliphatic carboxylic acids is 1. The quantitative estimate of drug-likeness (QED) is 0.0998. The Hall–Kier alpha value is -4.35. The highest BCUT2D eigenvalue weighted by atomic mass is 31.2. The van der Waals surface area contributed by atoms with Crippen LogP contribution in [0.2, 0.25) is 0 Å². The first kappa shape index (κ1) is 33.5. The summed E-state index contributed by atoms with van der Waals surface area (Å²) in [6.07, 6.45) is 2.52. The summed E-state index contributed by atoms with van der Waals surface area (Å²) >= 11 is 0. The van der Waals surface area contributed by atoms with Crippen molar-refractivity contribution in [3.63, 3.8) is 0 Å². The van der Waals surface area contributed by atoms with Gasteiger partial charge in [-0.1, -0.05) is 56.3 Å². The summed E-state index contributed by atoms with van der Waals surface area (Å²) in [6.45, 7) is 3.87. The molecular formula is C35H39N4O8P. The summed E-state index contributed by atoms with van der Waals surface area (Å²) in [6, 6.07) is 15.6. The number of carboxylic acids is 1. The van der Waals surface area contributed by atoms with Crippen LogP contribution in [-0.4, -0.2) is 72.9 Å². The first-order chi connectivity index (χ1) is 22.8. The van der Waals surface area contributed by atoms with E-state index < -0.39 is 55.1 Å². The molecule has 5 atom stereocenters. The molecule has 3 amide bonds. The largest absolute Gasteiger partial charge is 0.480 e. The summed E-state index contributed by atoms with van der Waals surface area (Å²) < 4.78 is 13.0. The van der Waals surface area contributed by atoms with Gasteiger partial charge in [0, 0.05) is 46.6 Å². The Kier molecular flexibility index (Phi) is 9.28. The fourth-order valence-electron chi connectivity index (χ4n) is 7.49. The molecule has 3 aromatic carbocycles. The van der Waals surface area contributed by atoms with E-state index >= 15 is 0 Å². The lowest BCUT2D eigenvalue weighted by Gasteiger charge is -2.44. The smallest absolute Gasteiger partial charge is 0.342 e. The fourth-order valence-corrected chi connectivity index (χ4v) is 8.75. The number of rotatable bonds is 11. The molecule has 13 heteroatoms. The van der Waals surface area contributed by atoms with Gasteiger partial charge in [0.1, 0.15) is 11.8 Å². The van der Waals surface area contributed by atoms with Crippen molar-refractivity contribution in [2.24, 2.45) is 17.8 Å². The molecule has 6 rings (SSSR count). The Morgan fingerprint density at radius 3 is 2.29 bits per heavy atom. The number of carbonyl (C=O) groups excluding carboxylic acids is 3. The van der Waals surface area contributed by atoms with Crippen molar-refractivity contribution in [3.05, 3.63) is 83.6 Å². The predicted molar refractivity (Wildman–Crippen MR) is 179 cm³/mol. The number of carboxylic acid groups (broad SMARTS) is 1. The normalized spacial score (nSPS) is 22.0. The maximum Gasteiger partial charge on any atom is 0.342 e. The summed E-state index contributed by atoms with van der Waals surface area (Å²) in [4.78, 5) is 78.3. The second-order valence-corrected chi connectivity index (χ2v) is 15.0. The van der Waals surface area contributed by atoms with Crippen LogP contribution in [-0.2, 0) is 20.6 Å². The number of carbonyl (C=O) groups is 4. The fraction of sp³-hybridized carbons (Fsp3) is 0.371. The third kappa shape index (κ3) is 6.53. The average molecular weight is 675 g/mol. The molecule has 48 heavy (non-hydrogen) atoms. The second-order valence-electron chi connectivity index (χ2n) is 13.3. The first-order valence-corrected chi connectivity index (χ1v) is 17.8. The molecule has 2 aliphatic heterocycles. The number of fused-ring (bicyclic) bond motifs is 1. The summed E-state index contributed by atoms with van der Waals surface area (Å²) in [7, 11) is -4.87. The van der Waals surface area contributed by atoms with Crippen LogP contribution in [0.3, 0.4) is 0 Å². The van der Waals surface area contributed by atoms with E-state index in [-0.39, 0.29) is 37.6 Å². The topological polar surface area (TPSA) is 189 Å².